The van der Waals surface area contributed by atoms with E-state index in [1.807, 2.05) is 26.0 Å². The molecule has 18 heavy (non-hydrogen) atoms. The first-order chi connectivity index (χ1) is 8.56. The lowest BCUT2D eigenvalue weighted by atomic mass is 9.96. The Bertz CT molecular complexity index is 388. The monoisotopic (exact) mass is 249 g/mol. The number of aryl methyl sites for hydroxylation is 1. The highest BCUT2D eigenvalue weighted by molar-refractivity contribution is 5.72. The minimum atomic E-state index is -0.137. The number of carbonyl (C=O) groups is 1. The molecule has 0 aromatic heterocycles. The average molecular weight is 249 g/mol. The molecule has 1 atom stereocenters. The molecule has 0 amide bonds. The minimum Gasteiger partial charge on any atom is -0.469 e. The van der Waals surface area contributed by atoms with Crippen molar-refractivity contribution in [2.24, 2.45) is 11.8 Å². The number of methoxy groups -OCH3 is 1. The number of hydrogen-bond donors (Lipinski definition) is 1. The third-order valence-corrected chi connectivity index (χ3v) is 3.25. The molecule has 0 radical (unpaired) electrons. The van der Waals surface area contributed by atoms with E-state index in [1.54, 1.807) is 0 Å². The Balaban J connectivity index is 2.49. The second-order valence-corrected chi connectivity index (χ2v) is 4.93. The van der Waals surface area contributed by atoms with Crippen molar-refractivity contribution < 1.29 is 9.53 Å². The van der Waals surface area contributed by atoms with Crippen LogP contribution in [0, 0.1) is 18.8 Å². The van der Waals surface area contributed by atoms with E-state index in [1.165, 1.54) is 18.2 Å². The predicted octanol–water partition coefficient (Wildman–Crippen LogP) is 2.53. The number of hydrogen-bond acceptors (Lipinski definition) is 3. The topological polar surface area (TPSA) is 38.3 Å². The van der Waals surface area contributed by atoms with Gasteiger partial charge in [-0.15, -0.1) is 0 Å². The first-order valence-electron chi connectivity index (χ1n) is 6.39. The van der Waals surface area contributed by atoms with E-state index in [0.29, 0.717) is 6.54 Å². The second-order valence-electron chi connectivity index (χ2n) is 4.93. The zero-order valence-corrected chi connectivity index (χ0v) is 11.7. The summed E-state index contributed by atoms with van der Waals surface area (Å²) in [5, 5.41) is 3.34. The molecule has 0 fully saturated rings. The maximum atomic E-state index is 11.6. The molecule has 0 aliphatic rings. The van der Waals surface area contributed by atoms with E-state index in [0.717, 1.165) is 6.54 Å². The Morgan fingerprint density at radius 2 is 2.00 bits per heavy atom. The highest BCUT2D eigenvalue weighted by Crippen LogP contribution is 2.12. The van der Waals surface area contributed by atoms with Gasteiger partial charge in [-0.1, -0.05) is 38.1 Å². The first-order valence-corrected chi connectivity index (χ1v) is 6.39. The Hall–Kier alpha value is -1.35. The first kappa shape index (κ1) is 14.7. The van der Waals surface area contributed by atoms with Gasteiger partial charge < -0.3 is 10.1 Å². The fourth-order valence-electron chi connectivity index (χ4n) is 1.91. The quantitative estimate of drug-likeness (QED) is 0.787. The van der Waals surface area contributed by atoms with Crippen LogP contribution in [-0.2, 0) is 16.1 Å². The molecule has 1 aromatic carbocycles. The van der Waals surface area contributed by atoms with Crippen molar-refractivity contribution in [1.82, 2.24) is 5.32 Å². The molecule has 0 saturated carbocycles. The van der Waals surface area contributed by atoms with E-state index >= 15 is 0 Å². The Morgan fingerprint density at radius 1 is 1.33 bits per heavy atom. The third kappa shape index (κ3) is 4.15. The standard InChI is InChI=1S/C15H23NO2/c1-11(2)14(15(17)18-4)10-16-9-13-8-6-5-7-12(13)3/h5-8,11,14,16H,9-10H2,1-4H3. The predicted molar refractivity (Wildman–Crippen MR) is 73.2 cm³/mol. The zero-order chi connectivity index (χ0) is 13.5. The lowest BCUT2D eigenvalue weighted by Gasteiger charge is -2.19. The molecule has 1 N–H and O–H groups in total. The van der Waals surface area contributed by atoms with Gasteiger partial charge in [0.1, 0.15) is 0 Å². The number of carbonyl (C=O) groups excluding carboxylic acids is 1. The molecule has 3 heteroatoms. The molecule has 0 aliphatic carbocycles. The number of nitrogens with one attached hydrogen (secondary N) is 1. The number of rotatable bonds is 6. The summed E-state index contributed by atoms with van der Waals surface area (Å²) in [7, 11) is 1.44. The Labute approximate surface area is 110 Å². The van der Waals surface area contributed by atoms with E-state index in [-0.39, 0.29) is 17.8 Å². The molecule has 0 aliphatic heterocycles. The summed E-state index contributed by atoms with van der Waals surface area (Å²) >= 11 is 0. The molecule has 100 valence electrons. The van der Waals surface area contributed by atoms with Crippen molar-refractivity contribution >= 4 is 5.97 Å². The summed E-state index contributed by atoms with van der Waals surface area (Å²) in [6.07, 6.45) is 0. The Kier molecular flexibility index (Phi) is 5.86. The van der Waals surface area contributed by atoms with Crippen LogP contribution in [0.4, 0.5) is 0 Å². The van der Waals surface area contributed by atoms with Gasteiger partial charge in [-0.25, -0.2) is 0 Å². The number of esters is 1. The molecule has 1 unspecified atom stereocenters. The second kappa shape index (κ2) is 7.17. The van der Waals surface area contributed by atoms with Crippen LogP contribution in [0.25, 0.3) is 0 Å². The van der Waals surface area contributed by atoms with Crippen LogP contribution in [0.3, 0.4) is 0 Å². The minimum absolute atomic E-state index is 0.0842. The van der Waals surface area contributed by atoms with Crippen molar-refractivity contribution in [2.75, 3.05) is 13.7 Å². The van der Waals surface area contributed by atoms with E-state index in [4.69, 9.17) is 4.74 Å². The van der Waals surface area contributed by atoms with Crippen LogP contribution in [-0.4, -0.2) is 19.6 Å². The molecule has 3 nitrogen and oxygen atoms in total. The van der Waals surface area contributed by atoms with Gasteiger partial charge in [0.25, 0.3) is 0 Å². The van der Waals surface area contributed by atoms with Crippen LogP contribution in [0.5, 0.6) is 0 Å². The number of ether oxygens (including phenoxy) is 1. The van der Waals surface area contributed by atoms with Crippen LogP contribution in [0.15, 0.2) is 24.3 Å². The van der Waals surface area contributed by atoms with Crippen molar-refractivity contribution in [1.29, 1.82) is 0 Å². The van der Waals surface area contributed by atoms with Crippen molar-refractivity contribution in [3.63, 3.8) is 0 Å². The molecule has 1 rings (SSSR count). The van der Waals surface area contributed by atoms with Crippen LogP contribution in [0.1, 0.15) is 25.0 Å². The normalized spacial score (nSPS) is 12.5. The summed E-state index contributed by atoms with van der Waals surface area (Å²) in [6.45, 7) is 7.61. The fourth-order valence-corrected chi connectivity index (χ4v) is 1.91. The van der Waals surface area contributed by atoms with Crippen molar-refractivity contribution in [3.05, 3.63) is 35.4 Å². The van der Waals surface area contributed by atoms with Gasteiger partial charge in [0.05, 0.1) is 13.0 Å². The summed E-state index contributed by atoms with van der Waals surface area (Å²) in [5.41, 5.74) is 2.54. The lowest BCUT2D eigenvalue weighted by Crippen LogP contribution is -2.32. The van der Waals surface area contributed by atoms with E-state index in [9.17, 15) is 4.79 Å². The third-order valence-electron chi connectivity index (χ3n) is 3.25. The molecular weight excluding hydrogens is 226 g/mol. The fraction of sp³-hybridized carbons (Fsp3) is 0.533. The summed E-state index contributed by atoms with van der Waals surface area (Å²) < 4.78 is 4.82. The van der Waals surface area contributed by atoms with Gasteiger partial charge in [-0.05, 0) is 24.0 Å². The van der Waals surface area contributed by atoms with Crippen molar-refractivity contribution in [2.45, 2.75) is 27.3 Å². The van der Waals surface area contributed by atoms with Gasteiger partial charge in [-0.3, -0.25) is 4.79 Å². The maximum Gasteiger partial charge on any atom is 0.310 e. The summed E-state index contributed by atoms with van der Waals surface area (Å²) in [4.78, 5) is 11.6. The van der Waals surface area contributed by atoms with Gasteiger partial charge >= 0.3 is 5.97 Å². The average Bonchev–Trinajstić information content (AvgIpc) is 2.35. The van der Waals surface area contributed by atoms with Crippen molar-refractivity contribution in [3.8, 4) is 0 Å². The van der Waals surface area contributed by atoms with Crippen LogP contribution in [0.2, 0.25) is 0 Å². The lowest BCUT2D eigenvalue weighted by molar-refractivity contribution is -0.146. The molecule has 0 saturated heterocycles. The van der Waals surface area contributed by atoms with E-state index < -0.39 is 0 Å². The van der Waals surface area contributed by atoms with Crippen LogP contribution < -0.4 is 5.32 Å². The zero-order valence-electron chi connectivity index (χ0n) is 11.7. The molecule has 0 spiro atoms. The van der Waals surface area contributed by atoms with Gasteiger partial charge in [0.2, 0.25) is 0 Å². The molecule has 0 heterocycles. The maximum absolute atomic E-state index is 11.6. The molecule has 0 bridgehead atoms. The summed E-state index contributed by atoms with van der Waals surface area (Å²) in [6, 6.07) is 8.26. The SMILES string of the molecule is COC(=O)C(CNCc1ccccc1C)C(C)C. The largest absolute Gasteiger partial charge is 0.469 e. The molecule has 1 aromatic rings. The summed E-state index contributed by atoms with van der Waals surface area (Å²) in [5.74, 6) is 0.0584. The number of benzene rings is 1. The highest BCUT2D eigenvalue weighted by atomic mass is 16.5. The van der Waals surface area contributed by atoms with Gasteiger partial charge in [0.15, 0.2) is 0 Å². The smallest absolute Gasteiger partial charge is 0.310 e. The van der Waals surface area contributed by atoms with Gasteiger partial charge in [-0.2, -0.15) is 0 Å². The Morgan fingerprint density at radius 3 is 2.56 bits per heavy atom. The highest BCUT2D eigenvalue weighted by Gasteiger charge is 2.22. The molecular formula is C15H23NO2. The van der Waals surface area contributed by atoms with E-state index in [2.05, 4.69) is 24.4 Å². The van der Waals surface area contributed by atoms with Crippen LogP contribution >= 0.6 is 0 Å². The van der Waals surface area contributed by atoms with Gasteiger partial charge in [0, 0.05) is 13.1 Å².